The molecule has 1 N–H and O–H groups in total. The maximum Gasteiger partial charge on any atom is 0.354 e. The fourth-order valence-corrected chi connectivity index (χ4v) is 2.32. The fourth-order valence-electron chi connectivity index (χ4n) is 0.344. The van der Waals surface area contributed by atoms with Gasteiger partial charge in [-0.1, -0.05) is 13.8 Å². The molecule has 0 bridgehead atoms. The first-order chi connectivity index (χ1) is 5.81. The third kappa shape index (κ3) is 9.10. The Hall–Kier alpha value is 1.01. The van der Waals surface area contributed by atoms with Crippen LogP contribution in [0.4, 0.5) is 0 Å². The molecule has 0 saturated carbocycles. The summed E-state index contributed by atoms with van der Waals surface area (Å²) in [6, 6.07) is 0. The Morgan fingerprint density at radius 1 is 1.08 bits per heavy atom. The van der Waals surface area contributed by atoms with E-state index in [0.29, 0.717) is 0 Å². The SMILES string of the molecule is CCCSOP(O)OSCCC. The van der Waals surface area contributed by atoms with Crippen molar-refractivity contribution in [1.29, 1.82) is 0 Å². The zero-order valence-electron chi connectivity index (χ0n) is 7.36. The lowest BCUT2D eigenvalue weighted by molar-refractivity contribution is 0.430. The van der Waals surface area contributed by atoms with Crippen LogP contribution in [0.2, 0.25) is 0 Å². The molecule has 0 rings (SSSR count). The minimum Gasteiger partial charge on any atom is -0.327 e. The zero-order chi connectivity index (χ0) is 9.23. The average Bonchev–Trinajstić information content (AvgIpc) is 2.06. The molecule has 0 spiro atoms. The van der Waals surface area contributed by atoms with Crippen molar-refractivity contribution < 1.29 is 12.8 Å². The Labute approximate surface area is 84.0 Å². The Morgan fingerprint density at radius 2 is 1.50 bits per heavy atom. The van der Waals surface area contributed by atoms with E-state index in [1.54, 1.807) is 0 Å². The van der Waals surface area contributed by atoms with Gasteiger partial charge in [-0.25, -0.2) is 7.94 Å². The zero-order valence-corrected chi connectivity index (χ0v) is 9.88. The monoisotopic (exact) mass is 230 g/mol. The minimum atomic E-state index is -1.68. The highest BCUT2D eigenvalue weighted by atomic mass is 32.2. The van der Waals surface area contributed by atoms with Gasteiger partial charge in [-0.05, 0) is 12.8 Å². The third-order valence-electron chi connectivity index (χ3n) is 0.808. The van der Waals surface area contributed by atoms with Crippen LogP contribution in [-0.2, 0) is 7.94 Å². The van der Waals surface area contributed by atoms with Crippen molar-refractivity contribution in [3.63, 3.8) is 0 Å². The molecular weight excluding hydrogens is 215 g/mol. The van der Waals surface area contributed by atoms with Gasteiger partial charge in [0.15, 0.2) is 0 Å². The summed E-state index contributed by atoms with van der Waals surface area (Å²) in [4.78, 5) is 9.08. The summed E-state index contributed by atoms with van der Waals surface area (Å²) >= 11 is 2.52. The Bertz CT molecular complexity index is 86.9. The van der Waals surface area contributed by atoms with E-state index in [0.717, 1.165) is 24.3 Å². The summed E-state index contributed by atoms with van der Waals surface area (Å²) in [6.45, 7) is 4.12. The Morgan fingerprint density at radius 3 is 1.83 bits per heavy atom. The lowest BCUT2D eigenvalue weighted by atomic mass is 10.6. The lowest BCUT2D eigenvalue weighted by Crippen LogP contribution is -1.80. The second-order valence-electron chi connectivity index (χ2n) is 2.03. The van der Waals surface area contributed by atoms with Crippen LogP contribution in [0.5, 0.6) is 0 Å². The van der Waals surface area contributed by atoms with E-state index in [1.165, 1.54) is 24.1 Å². The topological polar surface area (TPSA) is 38.7 Å². The van der Waals surface area contributed by atoms with Crippen LogP contribution in [0.25, 0.3) is 0 Å². The molecule has 3 nitrogen and oxygen atoms in total. The van der Waals surface area contributed by atoms with Crippen molar-refractivity contribution >= 4 is 32.7 Å². The van der Waals surface area contributed by atoms with Crippen LogP contribution in [0.3, 0.4) is 0 Å². The second-order valence-corrected chi connectivity index (χ2v) is 4.99. The molecule has 74 valence electrons. The van der Waals surface area contributed by atoms with Crippen molar-refractivity contribution in [2.45, 2.75) is 26.7 Å². The largest absolute Gasteiger partial charge is 0.354 e. The van der Waals surface area contributed by atoms with Crippen LogP contribution in [-0.4, -0.2) is 16.4 Å². The smallest absolute Gasteiger partial charge is 0.327 e. The maximum atomic E-state index is 9.08. The fraction of sp³-hybridized carbons (Fsp3) is 1.00. The van der Waals surface area contributed by atoms with Gasteiger partial charge in [0.2, 0.25) is 0 Å². The first kappa shape index (κ1) is 13.0. The minimum absolute atomic E-state index is 0.890. The summed E-state index contributed by atoms with van der Waals surface area (Å²) < 4.78 is 9.85. The number of hydrogen-bond donors (Lipinski definition) is 1. The van der Waals surface area contributed by atoms with Gasteiger partial charge < -0.3 is 4.89 Å². The number of hydrogen-bond acceptors (Lipinski definition) is 5. The molecule has 6 heteroatoms. The molecule has 0 atom stereocenters. The van der Waals surface area contributed by atoms with Crippen molar-refractivity contribution in [1.82, 2.24) is 0 Å². The summed E-state index contributed by atoms with van der Waals surface area (Å²) in [6.07, 6.45) is 2.08. The molecule has 12 heavy (non-hydrogen) atoms. The molecule has 0 saturated heterocycles. The summed E-state index contributed by atoms with van der Waals surface area (Å²) in [5.74, 6) is 1.78. The Kier molecular flexibility index (Phi) is 10.9. The molecular formula is C6H15O3PS2. The molecule has 0 fully saturated rings. The Balaban J connectivity index is 3.04. The molecule has 0 aromatic heterocycles. The van der Waals surface area contributed by atoms with E-state index < -0.39 is 8.60 Å². The molecule has 0 aliphatic heterocycles. The van der Waals surface area contributed by atoms with Gasteiger partial charge in [0.1, 0.15) is 0 Å². The molecule has 0 amide bonds. The highest BCUT2D eigenvalue weighted by Gasteiger charge is 2.06. The average molecular weight is 230 g/mol. The van der Waals surface area contributed by atoms with Gasteiger partial charge in [-0.2, -0.15) is 0 Å². The maximum absolute atomic E-state index is 9.08. The molecule has 0 aliphatic rings. The van der Waals surface area contributed by atoms with E-state index >= 15 is 0 Å². The quantitative estimate of drug-likeness (QED) is 0.393. The normalized spacial score (nSPS) is 11.0. The third-order valence-corrected chi connectivity index (χ3v) is 3.82. The second kappa shape index (κ2) is 10.1. The molecule has 0 aromatic rings. The van der Waals surface area contributed by atoms with Crippen molar-refractivity contribution in [3.8, 4) is 0 Å². The van der Waals surface area contributed by atoms with E-state index in [9.17, 15) is 0 Å². The predicted molar refractivity (Wildman–Crippen MR) is 56.8 cm³/mol. The van der Waals surface area contributed by atoms with E-state index in [2.05, 4.69) is 13.8 Å². The molecule has 0 heterocycles. The summed E-state index contributed by atoms with van der Waals surface area (Å²) in [5.41, 5.74) is 0. The van der Waals surface area contributed by atoms with E-state index in [1.807, 2.05) is 0 Å². The summed E-state index contributed by atoms with van der Waals surface area (Å²) in [5, 5.41) is 0. The van der Waals surface area contributed by atoms with Crippen LogP contribution in [0.1, 0.15) is 26.7 Å². The molecule has 0 aliphatic carbocycles. The lowest BCUT2D eigenvalue weighted by Gasteiger charge is -2.06. The van der Waals surface area contributed by atoms with Gasteiger partial charge >= 0.3 is 8.60 Å². The number of rotatable bonds is 8. The molecule has 0 unspecified atom stereocenters. The molecule has 0 aromatic carbocycles. The highest BCUT2D eigenvalue weighted by Crippen LogP contribution is 2.42. The van der Waals surface area contributed by atoms with E-state index in [-0.39, 0.29) is 0 Å². The highest BCUT2D eigenvalue weighted by molar-refractivity contribution is 8.00. The summed E-state index contributed by atoms with van der Waals surface area (Å²) in [7, 11) is -1.68. The first-order valence-corrected chi connectivity index (χ1v) is 6.84. The van der Waals surface area contributed by atoms with Gasteiger partial charge in [0.25, 0.3) is 0 Å². The van der Waals surface area contributed by atoms with Crippen LogP contribution >= 0.6 is 32.7 Å². The van der Waals surface area contributed by atoms with Crippen LogP contribution in [0.15, 0.2) is 0 Å². The first-order valence-electron chi connectivity index (χ1n) is 3.89. The standard InChI is InChI=1S/C6H15O3PS2/c1-3-5-11-8-10(7)9-12-6-4-2/h7H,3-6H2,1-2H3. The van der Waals surface area contributed by atoms with Gasteiger partial charge in [0, 0.05) is 35.6 Å². The van der Waals surface area contributed by atoms with Crippen LogP contribution in [0, 0.1) is 0 Å². The van der Waals surface area contributed by atoms with Crippen molar-refractivity contribution in [2.75, 3.05) is 11.5 Å². The van der Waals surface area contributed by atoms with Crippen LogP contribution < -0.4 is 0 Å². The van der Waals surface area contributed by atoms with Crippen molar-refractivity contribution in [3.05, 3.63) is 0 Å². The van der Waals surface area contributed by atoms with Gasteiger partial charge in [0.05, 0.1) is 0 Å². The molecule has 0 radical (unpaired) electrons. The van der Waals surface area contributed by atoms with E-state index in [4.69, 9.17) is 12.8 Å². The van der Waals surface area contributed by atoms with Crippen molar-refractivity contribution in [2.24, 2.45) is 0 Å². The predicted octanol–water partition coefficient (Wildman–Crippen LogP) is 3.36. The van der Waals surface area contributed by atoms with Gasteiger partial charge in [-0.3, -0.25) is 0 Å². The van der Waals surface area contributed by atoms with Gasteiger partial charge in [-0.15, -0.1) is 0 Å².